The van der Waals surface area contributed by atoms with Gasteiger partial charge >= 0.3 is 6.09 Å². The second-order valence-electron chi connectivity index (χ2n) is 12.7. The molecule has 0 spiro atoms. The van der Waals surface area contributed by atoms with Crippen LogP contribution in [0.15, 0.2) is 5.16 Å². The van der Waals surface area contributed by atoms with E-state index in [1.165, 1.54) is 38.5 Å². The number of carbonyl (C=O) groups is 1. The van der Waals surface area contributed by atoms with Crippen molar-refractivity contribution in [2.24, 2.45) is 45.6 Å². The molecule has 0 aromatic carbocycles. The van der Waals surface area contributed by atoms with Gasteiger partial charge in [-0.15, -0.1) is 0 Å². The zero-order chi connectivity index (χ0) is 24.7. The fraction of sp³-hybridized carbons (Fsp3) is 0.929. The Bertz CT molecular complexity index is 770. The lowest BCUT2D eigenvalue weighted by molar-refractivity contribution is -0.123. The molecule has 0 aromatic rings. The molecule has 4 aliphatic rings. The lowest BCUT2D eigenvalue weighted by Crippen LogP contribution is -2.54. The van der Waals surface area contributed by atoms with Gasteiger partial charge in [0, 0.05) is 25.0 Å². The third-order valence-corrected chi connectivity index (χ3v) is 10.9. The van der Waals surface area contributed by atoms with Crippen LogP contribution in [0.5, 0.6) is 0 Å². The van der Waals surface area contributed by atoms with Gasteiger partial charge < -0.3 is 15.3 Å². The number of fused-ring (bicyclic) bond motifs is 5. The molecule has 6 nitrogen and oxygen atoms in total. The van der Waals surface area contributed by atoms with E-state index in [1.54, 1.807) is 4.90 Å². The van der Waals surface area contributed by atoms with Crippen molar-refractivity contribution in [3.05, 3.63) is 0 Å². The maximum Gasteiger partial charge on any atom is 0.436 e. The average molecular weight is 476 g/mol. The fourth-order valence-corrected chi connectivity index (χ4v) is 8.94. The summed E-state index contributed by atoms with van der Waals surface area (Å²) in [5.41, 5.74) is 1.66. The van der Waals surface area contributed by atoms with Gasteiger partial charge in [-0.1, -0.05) is 19.0 Å². The summed E-state index contributed by atoms with van der Waals surface area (Å²) in [6.45, 7) is 12.5. The SMILES string of the molecule is CNCCN(C(=O)O/N=C(\C)[C@H]1CC[C@H]2[C@@H]3CC[C@@H]4C[C@@H](O)CC[C@]4(C)[C@H]3CC[C@]12C)C(C)C. The minimum absolute atomic E-state index is 0.0780. The first-order chi connectivity index (χ1) is 16.1. The quantitative estimate of drug-likeness (QED) is 0.304. The van der Waals surface area contributed by atoms with E-state index < -0.39 is 0 Å². The minimum Gasteiger partial charge on any atom is -0.393 e. The number of likely N-dealkylation sites (N-methyl/N-ethyl adjacent to an activating group) is 1. The highest BCUT2D eigenvalue weighted by Crippen LogP contribution is 2.67. The first kappa shape index (κ1) is 25.9. The molecule has 6 heteroatoms. The molecule has 0 unspecified atom stereocenters. The molecule has 0 radical (unpaired) electrons. The summed E-state index contributed by atoms with van der Waals surface area (Å²) in [4.78, 5) is 19.9. The smallest absolute Gasteiger partial charge is 0.393 e. The maximum absolute atomic E-state index is 12.7. The molecular weight excluding hydrogens is 426 g/mol. The number of aliphatic hydroxyl groups is 1. The Kier molecular flexibility index (Phi) is 7.69. The summed E-state index contributed by atoms with van der Waals surface area (Å²) in [5, 5.41) is 17.8. The van der Waals surface area contributed by atoms with Gasteiger partial charge in [-0.05, 0) is 120 Å². The van der Waals surface area contributed by atoms with Gasteiger partial charge in [0.05, 0.1) is 11.8 Å². The molecule has 0 aliphatic heterocycles. The topological polar surface area (TPSA) is 74.2 Å². The van der Waals surface area contributed by atoms with Crippen molar-refractivity contribution in [3.8, 4) is 0 Å². The third kappa shape index (κ3) is 4.54. The van der Waals surface area contributed by atoms with Crippen LogP contribution in [0.2, 0.25) is 0 Å². The predicted molar refractivity (Wildman–Crippen MR) is 137 cm³/mol. The number of oxime groups is 1. The average Bonchev–Trinajstić information content (AvgIpc) is 3.15. The number of hydrogen-bond donors (Lipinski definition) is 2. The van der Waals surface area contributed by atoms with Crippen LogP contribution in [0.3, 0.4) is 0 Å². The Morgan fingerprint density at radius 1 is 1.09 bits per heavy atom. The van der Waals surface area contributed by atoms with Crippen LogP contribution in [0.1, 0.15) is 92.4 Å². The number of nitrogens with zero attached hydrogens (tertiary/aromatic N) is 2. The molecule has 8 atom stereocenters. The largest absolute Gasteiger partial charge is 0.436 e. The molecule has 4 aliphatic carbocycles. The van der Waals surface area contributed by atoms with Gasteiger partial charge in [0.25, 0.3) is 0 Å². The molecule has 0 heterocycles. The van der Waals surface area contributed by atoms with E-state index in [0.29, 0.717) is 23.8 Å². The number of aliphatic hydroxyl groups excluding tert-OH is 1. The van der Waals surface area contributed by atoms with Gasteiger partial charge in [-0.25, -0.2) is 4.79 Å². The monoisotopic (exact) mass is 475 g/mol. The Balaban J connectivity index is 1.45. The molecule has 194 valence electrons. The van der Waals surface area contributed by atoms with E-state index in [-0.39, 0.29) is 23.7 Å². The highest BCUT2D eigenvalue weighted by molar-refractivity contribution is 5.85. The summed E-state index contributed by atoms with van der Waals surface area (Å²) in [6.07, 6.45) is 10.4. The van der Waals surface area contributed by atoms with Gasteiger partial charge in [0.2, 0.25) is 0 Å². The molecule has 2 N–H and O–H groups in total. The number of nitrogens with one attached hydrogen (secondary N) is 1. The van der Waals surface area contributed by atoms with Crippen LogP contribution in [0.4, 0.5) is 4.79 Å². The first-order valence-corrected chi connectivity index (χ1v) is 14.0. The van der Waals surface area contributed by atoms with Crippen LogP contribution >= 0.6 is 0 Å². The van der Waals surface area contributed by atoms with Crippen LogP contribution in [-0.2, 0) is 4.84 Å². The lowest BCUT2D eigenvalue weighted by Gasteiger charge is -2.61. The van der Waals surface area contributed by atoms with Crippen molar-refractivity contribution in [2.75, 3.05) is 20.1 Å². The van der Waals surface area contributed by atoms with Crippen molar-refractivity contribution >= 4 is 11.8 Å². The van der Waals surface area contributed by atoms with Crippen LogP contribution in [0, 0.1) is 40.4 Å². The molecular formula is C28H49N3O3. The zero-order valence-electron chi connectivity index (χ0n) is 22.5. The highest BCUT2D eigenvalue weighted by atomic mass is 16.7. The van der Waals surface area contributed by atoms with Gasteiger partial charge in [-0.3, -0.25) is 4.84 Å². The standard InChI is InChI=1S/C28H49N3O3/c1-18(2)31(16-15-29-6)26(33)34-30-19(3)23-9-10-24-22-8-7-20-17-21(32)11-13-27(20,4)25(22)12-14-28(23,24)5/h18,20-25,29,32H,7-17H2,1-6H3/b30-19+/t20-,21+,22+,23-,24+,25+,27+,28-/m1/s1. The van der Waals surface area contributed by atoms with Crippen molar-refractivity contribution in [2.45, 2.75) is 105 Å². The molecule has 1 amide bonds. The molecule has 0 saturated heterocycles. The Morgan fingerprint density at radius 2 is 1.79 bits per heavy atom. The second-order valence-corrected chi connectivity index (χ2v) is 12.7. The van der Waals surface area contributed by atoms with Crippen molar-refractivity contribution in [1.29, 1.82) is 0 Å². The Morgan fingerprint density at radius 3 is 2.50 bits per heavy atom. The Labute approximate surface area is 207 Å². The molecule has 34 heavy (non-hydrogen) atoms. The lowest BCUT2D eigenvalue weighted by atomic mass is 9.44. The van der Waals surface area contributed by atoms with E-state index in [0.717, 1.165) is 49.3 Å². The van der Waals surface area contributed by atoms with E-state index in [4.69, 9.17) is 4.84 Å². The van der Waals surface area contributed by atoms with Crippen molar-refractivity contribution in [3.63, 3.8) is 0 Å². The first-order valence-electron chi connectivity index (χ1n) is 14.0. The highest BCUT2D eigenvalue weighted by Gasteiger charge is 2.60. The summed E-state index contributed by atoms with van der Waals surface area (Å²) in [5.74, 6) is 3.44. The number of carbonyl (C=O) groups excluding carboxylic acids is 1. The number of amides is 1. The van der Waals surface area contributed by atoms with Crippen molar-refractivity contribution in [1.82, 2.24) is 10.2 Å². The van der Waals surface area contributed by atoms with Crippen LogP contribution < -0.4 is 5.32 Å². The summed E-state index contributed by atoms with van der Waals surface area (Å²) in [7, 11) is 1.89. The zero-order valence-corrected chi connectivity index (χ0v) is 22.5. The van der Waals surface area contributed by atoms with Gasteiger partial charge in [0.1, 0.15) is 0 Å². The molecule has 4 fully saturated rings. The van der Waals surface area contributed by atoms with E-state index in [9.17, 15) is 9.90 Å². The van der Waals surface area contributed by atoms with Gasteiger partial charge in [0.15, 0.2) is 0 Å². The normalized spacial score (nSPS) is 42.1. The van der Waals surface area contributed by atoms with Gasteiger partial charge in [-0.2, -0.15) is 0 Å². The molecule has 4 saturated carbocycles. The third-order valence-electron chi connectivity index (χ3n) is 10.9. The van der Waals surface area contributed by atoms with Crippen LogP contribution in [0.25, 0.3) is 0 Å². The molecule has 4 rings (SSSR count). The fourth-order valence-electron chi connectivity index (χ4n) is 8.94. The number of hydrogen-bond acceptors (Lipinski definition) is 5. The molecule has 0 bridgehead atoms. The summed E-state index contributed by atoms with van der Waals surface area (Å²) < 4.78 is 0. The predicted octanol–water partition coefficient (Wildman–Crippen LogP) is 5.45. The van der Waals surface area contributed by atoms with E-state index >= 15 is 0 Å². The van der Waals surface area contributed by atoms with Crippen molar-refractivity contribution < 1.29 is 14.7 Å². The second kappa shape index (κ2) is 10.1. The van der Waals surface area contributed by atoms with E-state index in [1.807, 2.05) is 20.9 Å². The maximum atomic E-state index is 12.7. The molecule has 0 aromatic heterocycles. The minimum atomic E-state index is -0.348. The summed E-state index contributed by atoms with van der Waals surface area (Å²) >= 11 is 0. The van der Waals surface area contributed by atoms with Crippen LogP contribution in [-0.4, -0.2) is 54.1 Å². The Hall–Kier alpha value is -1.14. The summed E-state index contributed by atoms with van der Waals surface area (Å²) in [6, 6.07) is 0.0809. The number of rotatable bonds is 6. The van der Waals surface area contributed by atoms with E-state index in [2.05, 4.69) is 31.2 Å².